The van der Waals surface area contributed by atoms with Crippen molar-refractivity contribution in [3.8, 4) is 0 Å². The second kappa shape index (κ2) is 7.98. The highest BCUT2D eigenvalue weighted by Gasteiger charge is 2.28. The molecule has 2 aliphatic heterocycles. The smallest absolute Gasteiger partial charge is 0.274 e. The molecule has 0 radical (unpaired) electrons. The molecular weight excluding hydrogens is 340 g/mol. The number of amides is 1. The lowest BCUT2D eigenvalue weighted by molar-refractivity contribution is 0.0713. The van der Waals surface area contributed by atoms with Crippen LogP contribution in [-0.4, -0.2) is 63.0 Å². The summed E-state index contributed by atoms with van der Waals surface area (Å²) in [6.07, 6.45) is 7.56. The van der Waals surface area contributed by atoms with Crippen LogP contribution in [0, 0.1) is 12.8 Å². The van der Waals surface area contributed by atoms with Gasteiger partial charge in [0.15, 0.2) is 5.69 Å². The third-order valence-corrected chi connectivity index (χ3v) is 6.02. The number of nitrogens with zero attached hydrogens (tertiary/aromatic N) is 4. The average molecular weight is 370 g/mol. The second-order valence-electron chi connectivity index (χ2n) is 8.07. The van der Waals surface area contributed by atoms with Crippen LogP contribution in [0.4, 0.5) is 0 Å². The number of likely N-dealkylation sites (tertiary alicyclic amines) is 2. The van der Waals surface area contributed by atoms with Crippen LogP contribution in [0.25, 0.3) is 5.65 Å². The van der Waals surface area contributed by atoms with Gasteiger partial charge in [0.1, 0.15) is 5.65 Å². The summed E-state index contributed by atoms with van der Waals surface area (Å²) < 4.78 is 2.09. The molecule has 0 spiro atoms. The van der Waals surface area contributed by atoms with E-state index in [1.807, 2.05) is 30.2 Å². The number of imidazole rings is 1. The van der Waals surface area contributed by atoms with Crippen LogP contribution >= 0.6 is 0 Å². The van der Waals surface area contributed by atoms with Crippen LogP contribution in [0.2, 0.25) is 0 Å². The molecule has 2 aliphatic rings. The molecule has 0 unspecified atom stereocenters. The molecule has 1 atom stereocenters. The summed E-state index contributed by atoms with van der Waals surface area (Å²) in [6, 6.07) is 4.07. The van der Waals surface area contributed by atoms with Gasteiger partial charge in [-0.25, -0.2) is 4.98 Å². The Labute approximate surface area is 160 Å². The number of aliphatic hydroxyl groups is 1. The number of carbonyl (C=O) groups excluding carboxylic acids is 1. The molecule has 4 heterocycles. The Morgan fingerprint density at radius 1 is 1.22 bits per heavy atom. The first-order valence-corrected chi connectivity index (χ1v) is 10.3. The molecule has 2 saturated heterocycles. The number of aliphatic hydroxyl groups excluding tert-OH is 1. The number of pyridine rings is 1. The number of carbonyl (C=O) groups is 1. The van der Waals surface area contributed by atoms with Gasteiger partial charge in [0.2, 0.25) is 0 Å². The summed E-state index contributed by atoms with van der Waals surface area (Å²) in [4.78, 5) is 22.4. The SMILES string of the molecule is Cc1cccn2c(CN3CCC[C@@H](CO)C3)c(C(=O)N3CCCCC3)nc12. The molecule has 1 amide bonds. The minimum absolute atomic E-state index is 0.0727. The fourth-order valence-corrected chi connectivity index (χ4v) is 4.48. The number of aryl methyl sites for hydroxylation is 1. The Kier molecular flexibility index (Phi) is 5.45. The first-order chi connectivity index (χ1) is 13.2. The van der Waals surface area contributed by atoms with Gasteiger partial charge in [0.25, 0.3) is 5.91 Å². The van der Waals surface area contributed by atoms with E-state index >= 15 is 0 Å². The normalized spacial score (nSPS) is 21.7. The molecule has 4 rings (SSSR count). The van der Waals surface area contributed by atoms with E-state index < -0.39 is 0 Å². The van der Waals surface area contributed by atoms with E-state index in [4.69, 9.17) is 4.98 Å². The molecule has 2 aromatic rings. The van der Waals surface area contributed by atoms with Crippen molar-refractivity contribution in [2.24, 2.45) is 5.92 Å². The minimum Gasteiger partial charge on any atom is -0.396 e. The Morgan fingerprint density at radius 3 is 2.81 bits per heavy atom. The van der Waals surface area contributed by atoms with Crippen molar-refractivity contribution in [3.63, 3.8) is 0 Å². The quantitative estimate of drug-likeness (QED) is 0.898. The highest BCUT2D eigenvalue weighted by molar-refractivity contribution is 5.94. The van der Waals surface area contributed by atoms with Crippen LogP contribution in [0.15, 0.2) is 18.3 Å². The number of rotatable bonds is 4. The molecule has 2 fully saturated rings. The summed E-state index contributed by atoms with van der Waals surface area (Å²) in [5.41, 5.74) is 3.56. The topological polar surface area (TPSA) is 61.1 Å². The van der Waals surface area contributed by atoms with Gasteiger partial charge in [0, 0.05) is 39.0 Å². The molecule has 0 saturated carbocycles. The molecule has 0 aromatic carbocycles. The Morgan fingerprint density at radius 2 is 2.04 bits per heavy atom. The maximum atomic E-state index is 13.3. The molecule has 6 heteroatoms. The van der Waals surface area contributed by atoms with Crippen LogP contribution in [-0.2, 0) is 6.54 Å². The van der Waals surface area contributed by atoms with Gasteiger partial charge >= 0.3 is 0 Å². The Balaban J connectivity index is 1.68. The van der Waals surface area contributed by atoms with Crippen LogP contribution in [0.3, 0.4) is 0 Å². The number of fused-ring (bicyclic) bond motifs is 1. The molecule has 2 aromatic heterocycles. The van der Waals surface area contributed by atoms with E-state index in [1.165, 1.54) is 6.42 Å². The summed E-state index contributed by atoms with van der Waals surface area (Å²) >= 11 is 0. The first kappa shape index (κ1) is 18.4. The molecule has 0 aliphatic carbocycles. The number of piperidine rings is 2. The van der Waals surface area contributed by atoms with Gasteiger partial charge < -0.3 is 14.4 Å². The molecule has 6 nitrogen and oxygen atoms in total. The standard InChI is InChI=1S/C21H30N4O2/c1-16-7-5-12-25-18(14-23-9-6-8-17(13-23)15-26)19(22-20(16)25)21(27)24-10-3-2-4-11-24/h5,7,12,17,26H,2-4,6,8-11,13-15H2,1H3/t17-/m1/s1. The van der Waals surface area contributed by atoms with Crippen molar-refractivity contribution >= 4 is 11.6 Å². The van der Waals surface area contributed by atoms with Crippen molar-refractivity contribution in [1.29, 1.82) is 0 Å². The third-order valence-electron chi connectivity index (χ3n) is 6.02. The summed E-state index contributed by atoms with van der Waals surface area (Å²) in [5.74, 6) is 0.407. The van der Waals surface area contributed by atoms with Crippen LogP contribution in [0.5, 0.6) is 0 Å². The molecule has 1 N–H and O–H groups in total. The monoisotopic (exact) mass is 370 g/mol. The van der Waals surface area contributed by atoms with Crippen molar-refractivity contribution in [3.05, 3.63) is 35.3 Å². The van der Waals surface area contributed by atoms with E-state index in [-0.39, 0.29) is 12.5 Å². The fourth-order valence-electron chi connectivity index (χ4n) is 4.48. The van der Waals surface area contributed by atoms with Crippen molar-refractivity contribution in [2.45, 2.75) is 45.6 Å². The second-order valence-corrected chi connectivity index (χ2v) is 8.07. The van der Waals surface area contributed by atoms with E-state index in [0.717, 1.165) is 68.8 Å². The minimum atomic E-state index is 0.0727. The summed E-state index contributed by atoms with van der Waals surface area (Å²) in [6.45, 7) is 6.55. The predicted octanol–water partition coefficient (Wildman–Crippen LogP) is 2.47. The van der Waals surface area contributed by atoms with Crippen molar-refractivity contribution < 1.29 is 9.90 Å². The zero-order valence-electron chi connectivity index (χ0n) is 16.2. The Bertz CT molecular complexity index is 810. The van der Waals surface area contributed by atoms with Gasteiger partial charge in [-0.15, -0.1) is 0 Å². The van der Waals surface area contributed by atoms with E-state index in [1.54, 1.807) is 0 Å². The van der Waals surface area contributed by atoms with Crippen LogP contribution in [0.1, 0.15) is 53.8 Å². The highest BCUT2D eigenvalue weighted by atomic mass is 16.3. The maximum absolute atomic E-state index is 13.3. The Hall–Kier alpha value is -1.92. The zero-order chi connectivity index (χ0) is 18.8. The summed E-state index contributed by atoms with van der Waals surface area (Å²) in [5, 5.41) is 9.55. The highest BCUT2D eigenvalue weighted by Crippen LogP contribution is 2.24. The maximum Gasteiger partial charge on any atom is 0.274 e. The third kappa shape index (κ3) is 3.73. The molecule has 27 heavy (non-hydrogen) atoms. The average Bonchev–Trinajstić information content (AvgIpc) is 3.08. The lowest BCUT2D eigenvalue weighted by atomic mass is 9.99. The first-order valence-electron chi connectivity index (χ1n) is 10.3. The van der Waals surface area contributed by atoms with Crippen molar-refractivity contribution in [2.75, 3.05) is 32.8 Å². The lowest BCUT2D eigenvalue weighted by Crippen LogP contribution is -2.38. The zero-order valence-corrected chi connectivity index (χ0v) is 16.2. The van der Waals surface area contributed by atoms with Crippen LogP contribution < -0.4 is 0 Å². The molecule has 0 bridgehead atoms. The lowest BCUT2D eigenvalue weighted by Gasteiger charge is -2.32. The van der Waals surface area contributed by atoms with E-state index in [9.17, 15) is 9.90 Å². The van der Waals surface area contributed by atoms with Gasteiger partial charge in [-0.05, 0) is 63.1 Å². The van der Waals surface area contributed by atoms with Gasteiger partial charge in [-0.1, -0.05) is 6.07 Å². The van der Waals surface area contributed by atoms with Crippen molar-refractivity contribution in [1.82, 2.24) is 19.2 Å². The number of aromatic nitrogens is 2. The number of hydrogen-bond acceptors (Lipinski definition) is 4. The summed E-state index contributed by atoms with van der Waals surface area (Å²) in [7, 11) is 0. The number of hydrogen-bond donors (Lipinski definition) is 1. The largest absolute Gasteiger partial charge is 0.396 e. The van der Waals surface area contributed by atoms with Gasteiger partial charge in [0.05, 0.1) is 5.69 Å². The van der Waals surface area contributed by atoms with E-state index in [2.05, 4.69) is 9.30 Å². The van der Waals surface area contributed by atoms with E-state index in [0.29, 0.717) is 18.2 Å². The van der Waals surface area contributed by atoms with Gasteiger partial charge in [-0.3, -0.25) is 9.69 Å². The molecule has 146 valence electrons. The predicted molar refractivity (Wildman–Crippen MR) is 105 cm³/mol. The molecular formula is C21H30N4O2. The fraction of sp³-hybridized carbons (Fsp3) is 0.619. The van der Waals surface area contributed by atoms with Gasteiger partial charge in [-0.2, -0.15) is 0 Å².